The fraction of sp³-hybridized carbons (Fsp3) is 0.304. The Bertz CT molecular complexity index is 1230. The predicted octanol–water partition coefficient (Wildman–Crippen LogP) is 3.24. The summed E-state index contributed by atoms with van der Waals surface area (Å²) in [6, 6.07) is 12.3. The van der Waals surface area contributed by atoms with Crippen LogP contribution in [0.25, 0.3) is 5.69 Å². The third kappa shape index (κ3) is 4.94. The van der Waals surface area contributed by atoms with Crippen molar-refractivity contribution in [3.63, 3.8) is 0 Å². The van der Waals surface area contributed by atoms with E-state index in [-0.39, 0.29) is 18.3 Å². The van der Waals surface area contributed by atoms with E-state index in [0.717, 1.165) is 25.9 Å². The van der Waals surface area contributed by atoms with Crippen LogP contribution in [-0.2, 0) is 6.54 Å². The third-order valence-corrected chi connectivity index (χ3v) is 5.53. The van der Waals surface area contributed by atoms with Gasteiger partial charge in [-0.15, -0.1) is 0 Å². The molecule has 3 aromatic rings. The number of nitrogens with one attached hydrogen (secondary N) is 1. The highest BCUT2D eigenvalue weighted by atomic mass is 35.5. The fourth-order valence-electron chi connectivity index (χ4n) is 2.95. The van der Waals surface area contributed by atoms with Crippen molar-refractivity contribution in [1.82, 2.24) is 19.7 Å². The second-order valence-electron chi connectivity index (χ2n) is 7.64. The molecule has 1 N–H and O–H groups in total. The van der Waals surface area contributed by atoms with Crippen LogP contribution < -0.4 is 16.6 Å². The van der Waals surface area contributed by atoms with Crippen molar-refractivity contribution in [2.75, 3.05) is 0 Å². The summed E-state index contributed by atoms with van der Waals surface area (Å²) in [7, 11) is 0. The third-order valence-electron chi connectivity index (χ3n) is 5.13. The summed E-state index contributed by atoms with van der Waals surface area (Å²) >= 11 is 6.23. The number of hydrogen-bond acceptors (Lipinski definition) is 4. The van der Waals surface area contributed by atoms with Gasteiger partial charge < -0.3 is 5.32 Å². The van der Waals surface area contributed by atoms with Gasteiger partial charge in [0.15, 0.2) is 0 Å². The number of hydrogen-bond donors (Lipinski definition) is 1. The van der Waals surface area contributed by atoms with Crippen LogP contribution in [-0.4, -0.2) is 26.3 Å². The number of rotatable bonds is 6. The first-order chi connectivity index (χ1) is 14.7. The maximum Gasteiger partial charge on any atom is 0.352 e. The van der Waals surface area contributed by atoms with E-state index in [1.165, 1.54) is 0 Å². The molecule has 3 rings (SSSR count). The summed E-state index contributed by atoms with van der Waals surface area (Å²) in [5, 5.41) is 7.32. The topological polar surface area (TPSA) is 86.0 Å². The van der Waals surface area contributed by atoms with E-state index in [4.69, 9.17) is 11.6 Å². The number of nitrogens with zero attached hydrogens (tertiary/aromatic N) is 3. The van der Waals surface area contributed by atoms with Gasteiger partial charge in [0.2, 0.25) is 5.69 Å². The highest BCUT2D eigenvalue weighted by Crippen LogP contribution is 2.18. The fourth-order valence-corrected chi connectivity index (χ4v) is 3.12. The maximum absolute atomic E-state index is 13.2. The first kappa shape index (κ1) is 22.5. The van der Waals surface area contributed by atoms with Crippen molar-refractivity contribution in [3.8, 4) is 5.69 Å². The number of aromatic nitrogens is 3. The molecule has 0 aliphatic carbocycles. The predicted molar refractivity (Wildman–Crippen MR) is 121 cm³/mol. The molecule has 2 aromatic carbocycles. The van der Waals surface area contributed by atoms with E-state index in [2.05, 4.69) is 10.4 Å². The number of halogens is 1. The van der Waals surface area contributed by atoms with E-state index in [0.29, 0.717) is 17.1 Å². The lowest BCUT2D eigenvalue weighted by atomic mass is 10.1. The average molecular weight is 441 g/mol. The van der Waals surface area contributed by atoms with E-state index >= 15 is 0 Å². The monoisotopic (exact) mass is 440 g/mol. The summed E-state index contributed by atoms with van der Waals surface area (Å²) in [5.74, 6) is -0.621. The van der Waals surface area contributed by atoms with Gasteiger partial charge in [0, 0.05) is 11.1 Å². The number of carbonyl (C=O) groups excluding carboxylic acids is 1. The molecule has 31 heavy (non-hydrogen) atoms. The van der Waals surface area contributed by atoms with Gasteiger partial charge in [-0.05, 0) is 50.5 Å². The zero-order valence-electron chi connectivity index (χ0n) is 18.0. The van der Waals surface area contributed by atoms with Crippen LogP contribution >= 0.6 is 11.6 Å². The minimum absolute atomic E-state index is 0.0175. The molecule has 1 heterocycles. The molecule has 0 saturated carbocycles. The van der Waals surface area contributed by atoms with Crippen LogP contribution in [0.3, 0.4) is 0 Å². The molecule has 1 aromatic heterocycles. The van der Waals surface area contributed by atoms with Crippen molar-refractivity contribution < 1.29 is 4.79 Å². The zero-order valence-corrected chi connectivity index (χ0v) is 18.7. The van der Waals surface area contributed by atoms with Gasteiger partial charge in [0.1, 0.15) is 0 Å². The van der Waals surface area contributed by atoms with E-state index < -0.39 is 17.2 Å². The van der Waals surface area contributed by atoms with Crippen LogP contribution in [0.2, 0.25) is 5.02 Å². The van der Waals surface area contributed by atoms with Crippen LogP contribution in [0, 0.1) is 13.8 Å². The van der Waals surface area contributed by atoms with Crippen molar-refractivity contribution in [3.05, 3.63) is 90.7 Å². The maximum atomic E-state index is 13.2. The molecule has 0 saturated heterocycles. The van der Waals surface area contributed by atoms with Gasteiger partial charge in [-0.3, -0.25) is 14.2 Å². The molecular weight excluding hydrogens is 416 g/mol. The lowest BCUT2D eigenvalue weighted by molar-refractivity contribution is 0.0929. The zero-order chi connectivity index (χ0) is 22.7. The Hall–Kier alpha value is -3.19. The molecule has 1 unspecified atom stereocenters. The van der Waals surface area contributed by atoms with E-state index in [9.17, 15) is 14.4 Å². The van der Waals surface area contributed by atoms with Crippen molar-refractivity contribution in [2.24, 2.45) is 0 Å². The summed E-state index contributed by atoms with van der Waals surface area (Å²) < 4.78 is 2.07. The van der Waals surface area contributed by atoms with E-state index in [1.54, 1.807) is 18.2 Å². The summed E-state index contributed by atoms with van der Waals surface area (Å²) in [5.41, 5.74) is 1.30. The molecule has 0 bridgehead atoms. The van der Waals surface area contributed by atoms with Gasteiger partial charge in [0.05, 0.1) is 12.2 Å². The Morgan fingerprint density at radius 1 is 1.13 bits per heavy atom. The second kappa shape index (κ2) is 9.31. The lowest BCUT2D eigenvalue weighted by Crippen LogP contribution is -2.47. The van der Waals surface area contributed by atoms with Gasteiger partial charge in [-0.25, -0.2) is 4.79 Å². The summed E-state index contributed by atoms with van der Waals surface area (Å²) in [6.07, 6.45) is 0.691. The van der Waals surface area contributed by atoms with Crippen molar-refractivity contribution in [1.29, 1.82) is 0 Å². The quantitative estimate of drug-likeness (QED) is 0.637. The number of aryl methyl sites for hydroxylation is 2. The lowest BCUT2D eigenvalue weighted by Gasteiger charge is -2.14. The molecule has 8 heteroatoms. The molecule has 0 spiro atoms. The Morgan fingerprint density at radius 2 is 1.81 bits per heavy atom. The first-order valence-corrected chi connectivity index (χ1v) is 10.5. The molecule has 1 atom stereocenters. The molecule has 0 aliphatic heterocycles. The minimum Gasteiger partial charge on any atom is -0.348 e. The van der Waals surface area contributed by atoms with Gasteiger partial charge in [-0.1, -0.05) is 54.4 Å². The highest BCUT2D eigenvalue weighted by Gasteiger charge is 2.21. The molecule has 0 radical (unpaired) electrons. The highest BCUT2D eigenvalue weighted by molar-refractivity contribution is 6.31. The van der Waals surface area contributed by atoms with Crippen LogP contribution in [0.1, 0.15) is 47.4 Å². The number of benzene rings is 2. The van der Waals surface area contributed by atoms with Crippen LogP contribution in [0.4, 0.5) is 0 Å². The van der Waals surface area contributed by atoms with Crippen molar-refractivity contribution >= 4 is 17.5 Å². The summed E-state index contributed by atoms with van der Waals surface area (Å²) in [6.45, 7) is 7.56. The molecular formula is C23H25ClN4O3. The first-order valence-electron chi connectivity index (χ1n) is 10.1. The molecule has 0 aliphatic rings. The Labute approximate surface area is 185 Å². The minimum atomic E-state index is -0.735. The number of amides is 1. The second-order valence-corrected chi connectivity index (χ2v) is 8.04. The van der Waals surface area contributed by atoms with Gasteiger partial charge in [-0.2, -0.15) is 9.78 Å². The number of carbonyl (C=O) groups is 1. The smallest absolute Gasteiger partial charge is 0.348 e. The van der Waals surface area contributed by atoms with Gasteiger partial charge in [0.25, 0.3) is 11.5 Å². The van der Waals surface area contributed by atoms with Gasteiger partial charge >= 0.3 is 5.69 Å². The molecule has 162 valence electrons. The van der Waals surface area contributed by atoms with Crippen LogP contribution in [0.5, 0.6) is 0 Å². The average Bonchev–Trinajstić information content (AvgIpc) is 2.74. The Morgan fingerprint density at radius 3 is 2.42 bits per heavy atom. The Balaban J connectivity index is 2.20. The SMILES string of the molecule is CCC(C)NC(=O)c1nn(-c2ccc(C)c(Cl)c2)c(=O)n(Cc2ccc(C)cc2)c1=O. The standard InChI is InChI=1S/C23H25ClN4O3/c1-5-16(4)25-21(29)20-22(30)27(13-17-9-6-14(2)7-10-17)23(31)28(26-20)18-11-8-15(3)19(24)12-18/h6-12,16H,5,13H2,1-4H3,(H,25,29). The molecule has 0 fully saturated rings. The molecule has 1 amide bonds. The summed E-state index contributed by atoms with van der Waals surface area (Å²) in [4.78, 5) is 39.0. The van der Waals surface area contributed by atoms with E-state index in [1.807, 2.05) is 52.0 Å². The largest absolute Gasteiger partial charge is 0.352 e. The van der Waals surface area contributed by atoms with Crippen molar-refractivity contribution in [2.45, 2.75) is 46.7 Å². The Kier molecular flexibility index (Phi) is 6.75. The normalized spacial score (nSPS) is 11.9. The van der Waals surface area contributed by atoms with Crippen LogP contribution in [0.15, 0.2) is 52.1 Å². The molecule has 7 nitrogen and oxygen atoms in total.